The van der Waals surface area contributed by atoms with Gasteiger partial charge in [-0.3, -0.25) is 0 Å². The lowest BCUT2D eigenvalue weighted by molar-refractivity contribution is 0.669. The quantitative estimate of drug-likeness (QED) is 0.161. The van der Waals surface area contributed by atoms with Gasteiger partial charge in [0.25, 0.3) is 0 Å². The number of hydrogen-bond donors (Lipinski definition) is 0. The Morgan fingerprint density at radius 1 is 0.295 bits per heavy atom. The van der Waals surface area contributed by atoms with Crippen molar-refractivity contribution in [3.8, 4) is 44.5 Å². The maximum Gasteiger partial charge on any atom is 0.159 e. The van der Waals surface area contributed by atoms with Crippen LogP contribution in [0.25, 0.3) is 99.2 Å². The Bertz CT molecular complexity index is 3580. The Morgan fingerprint density at radius 2 is 0.902 bits per heavy atom. The first-order valence-electron chi connectivity index (χ1n) is 20.7. The molecule has 61 heavy (non-hydrogen) atoms. The minimum Gasteiger partial charge on any atom is -0.456 e. The number of fused-ring (bicyclic) bond motifs is 7. The van der Waals surface area contributed by atoms with Crippen LogP contribution in [0.1, 0.15) is 0 Å². The molecule has 0 unspecified atom stereocenters. The second-order valence-electron chi connectivity index (χ2n) is 15.6. The van der Waals surface area contributed by atoms with Crippen molar-refractivity contribution in [2.75, 3.05) is 4.90 Å². The molecule has 2 aromatic heterocycles. The van der Waals surface area contributed by atoms with Crippen molar-refractivity contribution in [2.24, 2.45) is 0 Å². The van der Waals surface area contributed by atoms with E-state index in [4.69, 9.17) is 8.83 Å². The topological polar surface area (TPSA) is 29.5 Å². The average Bonchev–Trinajstić information content (AvgIpc) is 3.90. The highest BCUT2D eigenvalue weighted by atomic mass is 16.3. The summed E-state index contributed by atoms with van der Waals surface area (Å²) in [4.78, 5) is 2.36. The molecule has 0 amide bonds. The number of rotatable bonds is 7. The molecule has 0 radical (unpaired) electrons. The maximum absolute atomic E-state index is 6.75. The summed E-state index contributed by atoms with van der Waals surface area (Å²) in [7, 11) is 0. The van der Waals surface area contributed by atoms with Crippen molar-refractivity contribution < 1.29 is 8.83 Å². The summed E-state index contributed by atoms with van der Waals surface area (Å²) in [6.07, 6.45) is 0. The third-order valence-electron chi connectivity index (χ3n) is 12.1. The van der Waals surface area contributed by atoms with Crippen LogP contribution < -0.4 is 4.90 Å². The predicted molar refractivity (Wildman–Crippen MR) is 255 cm³/mol. The van der Waals surface area contributed by atoms with Gasteiger partial charge in [0.2, 0.25) is 0 Å². The highest BCUT2D eigenvalue weighted by Crippen LogP contribution is 2.48. The van der Waals surface area contributed by atoms with Crippen LogP contribution in [-0.2, 0) is 0 Å². The minimum absolute atomic E-state index is 0.838. The largest absolute Gasteiger partial charge is 0.456 e. The Balaban J connectivity index is 1.05. The molecule has 0 fully saturated rings. The van der Waals surface area contributed by atoms with Crippen LogP contribution in [0.4, 0.5) is 17.1 Å². The molecule has 12 rings (SSSR count). The van der Waals surface area contributed by atoms with E-state index in [0.717, 1.165) is 88.6 Å². The van der Waals surface area contributed by atoms with Crippen molar-refractivity contribution in [3.63, 3.8) is 0 Å². The smallest absolute Gasteiger partial charge is 0.159 e. The Labute approximate surface area is 353 Å². The molecular formula is C58H37NO2. The first-order chi connectivity index (χ1) is 30.2. The average molecular weight is 780 g/mol. The maximum atomic E-state index is 6.75. The molecule has 12 aromatic rings. The van der Waals surface area contributed by atoms with Crippen LogP contribution in [0, 0.1) is 0 Å². The Morgan fingerprint density at radius 3 is 1.72 bits per heavy atom. The van der Waals surface area contributed by atoms with E-state index >= 15 is 0 Å². The van der Waals surface area contributed by atoms with Crippen molar-refractivity contribution in [2.45, 2.75) is 0 Å². The third kappa shape index (κ3) is 5.90. The summed E-state index contributed by atoms with van der Waals surface area (Å²) in [6, 6.07) is 79.9. The summed E-state index contributed by atoms with van der Waals surface area (Å²) in [5, 5.41) is 6.72. The lowest BCUT2D eigenvalue weighted by atomic mass is 9.91. The highest BCUT2D eigenvalue weighted by Gasteiger charge is 2.24. The van der Waals surface area contributed by atoms with E-state index in [2.05, 4.69) is 217 Å². The monoisotopic (exact) mass is 779 g/mol. The van der Waals surface area contributed by atoms with Crippen LogP contribution in [0.3, 0.4) is 0 Å². The second kappa shape index (κ2) is 14.3. The van der Waals surface area contributed by atoms with Crippen molar-refractivity contribution in [3.05, 3.63) is 224 Å². The van der Waals surface area contributed by atoms with Crippen LogP contribution in [0.5, 0.6) is 0 Å². The molecule has 3 nitrogen and oxygen atoms in total. The Hall–Kier alpha value is -8.14. The molecule has 286 valence electrons. The van der Waals surface area contributed by atoms with Gasteiger partial charge < -0.3 is 13.7 Å². The molecule has 0 aliphatic heterocycles. The van der Waals surface area contributed by atoms with Crippen LogP contribution in [0.15, 0.2) is 233 Å². The number of para-hydroxylation sites is 3. The lowest BCUT2D eigenvalue weighted by Crippen LogP contribution is -2.11. The summed E-state index contributed by atoms with van der Waals surface area (Å²) >= 11 is 0. The van der Waals surface area contributed by atoms with Crippen molar-refractivity contribution in [1.29, 1.82) is 0 Å². The van der Waals surface area contributed by atoms with Gasteiger partial charge in [0.1, 0.15) is 16.7 Å². The first kappa shape index (κ1) is 34.9. The van der Waals surface area contributed by atoms with E-state index in [9.17, 15) is 0 Å². The second-order valence-corrected chi connectivity index (χ2v) is 15.6. The van der Waals surface area contributed by atoms with Crippen LogP contribution in [-0.4, -0.2) is 0 Å². The third-order valence-corrected chi connectivity index (χ3v) is 12.1. The summed E-state index contributed by atoms with van der Waals surface area (Å²) in [5.74, 6) is 0. The minimum atomic E-state index is 0.838. The summed E-state index contributed by atoms with van der Waals surface area (Å²) < 4.78 is 13.3. The van der Waals surface area contributed by atoms with Crippen LogP contribution >= 0.6 is 0 Å². The van der Waals surface area contributed by atoms with Crippen LogP contribution in [0.2, 0.25) is 0 Å². The molecule has 3 heteroatoms. The number of anilines is 3. The molecule has 10 aromatic carbocycles. The molecule has 0 aliphatic carbocycles. The fourth-order valence-electron chi connectivity index (χ4n) is 9.20. The number of benzene rings is 10. The first-order valence-corrected chi connectivity index (χ1v) is 20.7. The molecule has 0 saturated heterocycles. The number of furan rings is 2. The number of nitrogens with zero attached hydrogens (tertiary/aromatic N) is 1. The van der Waals surface area contributed by atoms with E-state index in [1.807, 2.05) is 12.1 Å². The normalized spacial score (nSPS) is 11.6. The molecular weight excluding hydrogens is 743 g/mol. The molecule has 0 N–H and O–H groups in total. The van der Waals surface area contributed by atoms with Gasteiger partial charge in [0.15, 0.2) is 5.58 Å². The zero-order chi connectivity index (χ0) is 40.3. The van der Waals surface area contributed by atoms with Gasteiger partial charge in [0.05, 0.1) is 11.4 Å². The standard InChI is InChI=1S/C58H37NO2/c1-3-15-39(16-4-1)45-34-31-43(35-50(45)40-17-5-2-6-18-40)38-29-32-44(33-30-38)59(53-26-13-24-49-47-22-10-12-27-54(47)61-58(49)53)52-25-11-9-21-46(52)48-23-14-28-55-57(48)51-36-41-19-7-8-20-42(41)37-56(51)60-55/h1-37H. The van der Waals surface area contributed by atoms with E-state index < -0.39 is 0 Å². The van der Waals surface area contributed by atoms with Gasteiger partial charge >= 0.3 is 0 Å². The van der Waals surface area contributed by atoms with Gasteiger partial charge in [-0.1, -0.05) is 170 Å². The fourth-order valence-corrected chi connectivity index (χ4v) is 9.20. The van der Waals surface area contributed by atoms with Gasteiger partial charge in [0, 0.05) is 32.8 Å². The molecule has 0 aliphatic rings. The molecule has 0 saturated carbocycles. The molecule has 0 spiro atoms. The fraction of sp³-hybridized carbons (Fsp3) is 0. The Kier molecular flexibility index (Phi) is 8.17. The summed E-state index contributed by atoms with van der Waals surface area (Å²) in [6.45, 7) is 0. The van der Waals surface area contributed by atoms with Gasteiger partial charge in [-0.05, 0) is 104 Å². The number of hydrogen-bond acceptors (Lipinski definition) is 3. The highest BCUT2D eigenvalue weighted by molar-refractivity contribution is 6.17. The van der Waals surface area contributed by atoms with Gasteiger partial charge in [-0.2, -0.15) is 0 Å². The summed E-state index contributed by atoms with van der Waals surface area (Å²) in [5.41, 5.74) is 15.7. The van der Waals surface area contributed by atoms with Gasteiger partial charge in [-0.25, -0.2) is 0 Å². The predicted octanol–water partition coefficient (Wildman–Crippen LogP) is 16.8. The molecule has 2 heterocycles. The van der Waals surface area contributed by atoms with E-state index in [0.29, 0.717) is 0 Å². The van der Waals surface area contributed by atoms with Crippen molar-refractivity contribution in [1.82, 2.24) is 0 Å². The van der Waals surface area contributed by atoms with E-state index in [1.54, 1.807) is 0 Å². The lowest BCUT2D eigenvalue weighted by Gasteiger charge is -2.28. The molecule has 0 bridgehead atoms. The SMILES string of the molecule is c1ccc(-c2ccc(-c3ccc(N(c4ccccc4-c4cccc5oc6cc7ccccc7cc6c45)c4cccc5c4oc4ccccc45)cc3)cc2-c2ccccc2)cc1. The van der Waals surface area contributed by atoms with E-state index in [-0.39, 0.29) is 0 Å². The zero-order valence-corrected chi connectivity index (χ0v) is 33.1. The van der Waals surface area contributed by atoms with Gasteiger partial charge in [-0.15, -0.1) is 0 Å². The van der Waals surface area contributed by atoms with Crippen molar-refractivity contribution >= 4 is 71.7 Å². The van der Waals surface area contributed by atoms with E-state index in [1.165, 1.54) is 27.6 Å². The molecule has 0 atom stereocenters. The zero-order valence-electron chi connectivity index (χ0n) is 33.1.